The fourth-order valence-electron chi connectivity index (χ4n) is 4.29. The third-order valence-electron chi connectivity index (χ3n) is 6.20. The van der Waals surface area contributed by atoms with Gasteiger partial charge in [0.1, 0.15) is 28.8 Å². The lowest BCUT2D eigenvalue weighted by atomic mass is 10.1. The first-order valence-corrected chi connectivity index (χ1v) is 11.5. The van der Waals surface area contributed by atoms with Crippen molar-refractivity contribution in [2.75, 3.05) is 45.7 Å². The number of hydrogen-bond acceptors (Lipinski definition) is 6. The zero-order valence-electron chi connectivity index (χ0n) is 20.1. The highest BCUT2D eigenvalue weighted by molar-refractivity contribution is 6.04. The van der Waals surface area contributed by atoms with Crippen molar-refractivity contribution in [2.24, 2.45) is 4.99 Å². The molecule has 0 aromatic heterocycles. The second kappa shape index (κ2) is 9.58. The summed E-state index contributed by atoms with van der Waals surface area (Å²) in [5, 5.41) is 2.96. The summed E-state index contributed by atoms with van der Waals surface area (Å²) in [4.78, 5) is 22.0. The van der Waals surface area contributed by atoms with Crippen LogP contribution in [-0.2, 0) is 0 Å². The van der Waals surface area contributed by atoms with Gasteiger partial charge in [0.05, 0.1) is 25.5 Å². The second-order valence-electron chi connectivity index (χ2n) is 8.48. The van der Waals surface area contributed by atoms with Gasteiger partial charge < -0.3 is 29.3 Å². The molecule has 180 valence electrons. The van der Waals surface area contributed by atoms with E-state index < -0.39 is 0 Å². The SMILES string of the molecule is COc1ccc(NC(=O)N2CCN(C3=Nc4ccccc4Oc4ccc(C)cc43)CC2)c(OC)c1. The molecule has 8 heteroatoms. The Morgan fingerprint density at radius 2 is 1.74 bits per heavy atom. The number of aryl methyl sites for hydroxylation is 1. The number of nitrogens with one attached hydrogen (secondary N) is 1. The predicted molar refractivity (Wildman–Crippen MR) is 136 cm³/mol. The van der Waals surface area contributed by atoms with Crippen LogP contribution in [0.4, 0.5) is 16.2 Å². The molecule has 3 aromatic rings. The van der Waals surface area contributed by atoms with Gasteiger partial charge in [0.15, 0.2) is 5.75 Å². The number of urea groups is 1. The van der Waals surface area contributed by atoms with Gasteiger partial charge in [-0.15, -0.1) is 0 Å². The largest absolute Gasteiger partial charge is 0.497 e. The van der Waals surface area contributed by atoms with Crippen molar-refractivity contribution in [3.8, 4) is 23.0 Å². The summed E-state index contributed by atoms with van der Waals surface area (Å²) in [5.74, 6) is 3.60. The molecule has 0 radical (unpaired) electrons. The standard InChI is InChI=1S/C27H28N4O4/c1-18-8-11-23-20(16-18)26(28-21-6-4-5-7-24(21)35-23)30-12-14-31(15-13-30)27(32)29-22-10-9-19(33-2)17-25(22)34-3/h4-11,16-17H,12-15H2,1-3H3,(H,29,32). The van der Waals surface area contributed by atoms with Crippen LogP contribution in [0.2, 0.25) is 0 Å². The van der Waals surface area contributed by atoms with Crippen molar-refractivity contribution in [3.63, 3.8) is 0 Å². The van der Waals surface area contributed by atoms with Crippen LogP contribution in [-0.4, -0.2) is 62.1 Å². The first kappa shape index (κ1) is 22.6. The molecule has 2 heterocycles. The van der Waals surface area contributed by atoms with Crippen molar-refractivity contribution in [1.82, 2.24) is 9.80 Å². The number of ether oxygens (including phenoxy) is 3. The smallest absolute Gasteiger partial charge is 0.322 e. The molecule has 1 fully saturated rings. The highest BCUT2D eigenvalue weighted by Gasteiger charge is 2.28. The monoisotopic (exact) mass is 472 g/mol. The number of methoxy groups -OCH3 is 2. The zero-order valence-corrected chi connectivity index (χ0v) is 20.1. The summed E-state index contributed by atoms with van der Waals surface area (Å²) in [6.45, 7) is 4.49. The van der Waals surface area contributed by atoms with Crippen molar-refractivity contribution in [3.05, 3.63) is 71.8 Å². The van der Waals surface area contributed by atoms with Gasteiger partial charge in [-0.1, -0.05) is 23.8 Å². The third-order valence-corrected chi connectivity index (χ3v) is 6.20. The van der Waals surface area contributed by atoms with Crippen molar-refractivity contribution >= 4 is 23.2 Å². The van der Waals surface area contributed by atoms with Crippen LogP contribution in [0.25, 0.3) is 0 Å². The lowest BCUT2D eigenvalue weighted by Gasteiger charge is -2.36. The first-order valence-electron chi connectivity index (χ1n) is 11.5. The number of aliphatic imine (C=N–C) groups is 1. The summed E-state index contributed by atoms with van der Waals surface area (Å²) in [5.41, 5.74) is 3.50. The number of hydrogen-bond donors (Lipinski definition) is 1. The van der Waals surface area contributed by atoms with Gasteiger partial charge >= 0.3 is 6.03 Å². The number of benzene rings is 3. The number of amidine groups is 1. The maximum absolute atomic E-state index is 13.0. The number of nitrogens with zero attached hydrogens (tertiary/aromatic N) is 3. The molecule has 3 aromatic carbocycles. The van der Waals surface area contributed by atoms with Crippen LogP contribution in [0.3, 0.4) is 0 Å². The number of carbonyl (C=O) groups is 1. The van der Waals surface area contributed by atoms with E-state index in [0.717, 1.165) is 34.1 Å². The Kier molecular flexibility index (Phi) is 6.18. The second-order valence-corrected chi connectivity index (χ2v) is 8.48. The van der Waals surface area contributed by atoms with Crippen LogP contribution in [0, 0.1) is 6.92 Å². The van der Waals surface area contributed by atoms with E-state index in [4.69, 9.17) is 19.2 Å². The van der Waals surface area contributed by atoms with Crippen LogP contribution >= 0.6 is 0 Å². The summed E-state index contributed by atoms with van der Waals surface area (Å²) < 4.78 is 16.8. The van der Waals surface area contributed by atoms with Gasteiger partial charge in [0, 0.05) is 32.2 Å². The molecular formula is C27H28N4O4. The summed E-state index contributed by atoms with van der Waals surface area (Å²) in [7, 11) is 3.16. The molecule has 0 saturated carbocycles. The normalized spacial score (nSPS) is 14.7. The number of fused-ring (bicyclic) bond motifs is 2. The average molecular weight is 473 g/mol. The van der Waals surface area contributed by atoms with Crippen LogP contribution in [0.1, 0.15) is 11.1 Å². The number of piperazine rings is 1. The van der Waals surface area contributed by atoms with E-state index in [-0.39, 0.29) is 6.03 Å². The summed E-state index contributed by atoms with van der Waals surface area (Å²) >= 11 is 0. The number of para-hydroxylation sites is 2. The van der Waals surface area contributed by atoms with E-state index in [0.29, 0.717) is 43.4 Å². The molecule has 5 rings (SSSR count). The van der Waals surface area contributed by atoms with Crippen LogP contribution in [0.15, 0.2) is 65.7 Å². The molecule has 2 aliphatic heterocycles. The van der Waals surface area contributed by atoms with Gasteiger partial charge in [-0.2, -0.15) is 0 Å². The van der Waals surface area contributed by atoms with E-state index in [2.05, 4.69) is 23.2 Å². The minimum absolute atomic E-state index is 0.166. The van der Waals surface area contributed by atoms with E-state index in [1.807, 2.05) is 36.4 Å². The van der Waals surface area contributed by atoms with Gasteiger partial charge in [-0.25, -0.2) is 9.79 Å². The molecule has 0 unspecified atom stereocenters. The van der Waals surface area contributed by atoms with E-state index >= 15 is 0 Å². The highest BCUT2D eigenvalue weighted by atomic mass is 16.5. The summed E-state index contributed by atoms with van der Waals surface area (Å²) in [6, 6.07) is 19.1. The molecule has 0 aliphatic carbocycles. The summed E-state index contributed by atoms with van der Waals surface area (Å²) in [6.07, 6.45) is 0. The molecule has 8 nitrogen and oxygen atoms in total. The quantitative estimate of drug-likeness (QED) is 0.578. The topological polar surface area (TPSA) is 75.6 Å². The molecule has 35 heavy (non-hydrogen) atoms. The molecule has 1 saturated heterocycles. The molecule has 2 amide bonds. The Morgan fingerprint density at radius 1 is 0.943 bits per heavy atom. The van der Waals surface area contributed by atoms with Gasteiger partial charge in [0.2, 0.25) is 0 Å². The number of amides is 2. The molecule has 0 bridgehead atoms. The lowest BCUT2D eigenvalue weighted by Crippen LogP contribution is -2.51. The maximum atomic E-state index is 13.0. The average Bonchev–Trinajstić information content (AvgIpc) is 3.05. The Morgan fingerprint density at radius 3 is 2.51 bits per heavy atom. The highest BCUT2D eigenvalue weighted by Crippen LogP contribution is 2.38. The van der Waals surface area contributed by atoms with E-state index in [1.54, 1.807) is 37.3 Å². The Hall–Kier alpha value is -4.20. The van der Waals surface area contributed by atoms with Crippen LogP contribution in [0.5, 0.6) is 23.0 Å². The zero-order chi connectivity index (χ0) is 24.4. The van der Waals surface area contributed by atoms with Crippen molar-refractivity contribution in [1.29, 1.82) is 0 Å². The fourth-order valence-corrected chi connectivity index (χ4v) is 4.29. The molecule has 1 N–H and O–H groups in total. The maximum Gasteiger partial charge on any atom is 0.322 e. The first-order chi connectivity index (χ1) is 17.1. The number of rotatable bonds is 3. The molecule has 0 atom stereocenters. The van der Waals surface area contributed by atoms with Gasteiger partial charge in [0.25, 0.3) is 0 Å². The van der Waals surface area contributed by atoms with E-state index in [9.17, 15) is 4.79 Å². The van der Waals surface area contributed by atoms with Gasteiger partial charge in [-0.3, -0.25) is 0 Å². The minimum atomic E-state index is -0.166. The Labute approximate surface area is 204 Å². The Bertz CT molecular complexity index is 1280. The van der Waals surface area contributed by atoms with Crippen molar-refractivity contribution in [2.45, 2.75) is 6.92 Å². The fraction of sp³-hybridized carbons (Fsp3) is 0.259. The van der Waals surface area contributed by atoms with Gasteiger partial charge in [-0.05, 0) is 43.3 Å². The number of anilines is 1. The Balaban J connectivity index is 1.33. The molecule has 0 spiro atoms. The predicted octanol–water partition coefficient (Wildman–Crippen LogP) is 5.05. The van der Waals surface area contributed by atoms with E-state index in [1.165, 1.54) is 0 Å². The number of carbonyl (C=O) groups excluding carboxylic acids is 1. The molecular weight excluding hydrogens is 444 g/mol. The minimum Gasteiger partial charge on any atom is -0.497 e. The lowest BCUT2D eigenvalue weighted by molar-refractivity contribution is 0.181. The van der Waals surface area contributed by atoms with Crippen molar-refractivity contribution < 1.29 is 19.0 Å². The third kappa shape index (κ3) is 4.59. The molecule has 2 aliphatic rings. The van der Waals surface area contributed by atoms with Crippen LogP contribution < -0.4 is 19.5 Å².